The van der Waals surface area contributed by atoms with Crippen LogP contribution in [0.2, 0.25) is 0 Å². The molecule has 0 aromatic heterocycles. The van der Waals surface area contributed by atoms with Gasteiger partial charge in [-0.3, -0.25) is 9.59 Å². The number of anilines is 2. The molecule has 0 fully saturated rings. The largest absolute Gasteiger partial charge is 0.324 e. The first-order valence-electron chi connectivity index (χ1n) is 7.44. The minimum absolute atomic E-state index is 0.0730. The molecule has 0 unspecified atom stereocenters. The summed E-state index contributed by atoms with van der Waals surface area (Å²) in [6.07, 6.45) is -0.0730. The van der Waals surface area contributed by atoms with Crippen molar-refractivity contribution < 1.29 is 18.4 Å². The predicted octanol–water partition coefficient (Wildman–Crippen LogP) is 3.22. The van der Waals surface area contributed by atoms with Crippen LogP contribution in [-0.4, -0.2) is 18.4 Å². The zero-order valence-electron chi connectivity index (χ0n) is 13.4. The molecule has 25 heavy (non-hydrogen) atoms. The molecule has 2 amide bonds. The Morgan fingerprint density at radius 3 is 2.40 bits per heavy atom. The van der Waals surface area contributed by atoms with Crippen LogP contribution in [0.4, 0.5) is 20.2 Å². The van der Waals surface area contributed by atoms with E-state index in [0.717, 1.165) is 12.1 Å². The summed E-state index contributed by atoms with van der Waals surface area (Å²) in [7, 11) is 0. The molecule has 2 aromatic carbocycles. The van der Waals surface area contributed by atoms with Crippen molar-refractivity contribution in [2.24, 2.45) is 0 Å². The van der Waals surface area contributed by atoms with Gasteiger partial charge in [-0.05, 0) is 36.4 Å². The summed E-state index contributed by atoms with van der Waals surface area (Å²) in [5.41, 5.74) is 0.878. The van der Waals surface area contributed by atoms with Crippen molar-refractivity contribution in [1.29, 1.82) is 5.26 Å². The van der Waals surface area contributed by atoms with Crippen LogP contribution < -0.4 is 10.2 Å². The molecule has 0 saturated heterocycles. The lowest BCUT2D eigenvalue weighted by Gasteiger charge is -2.21. The molecule has 0 saturated carbocycles. The van der Waals surface area contributed by atoms with Crippen LogP contribution in [-0.2, 0) is 9.59 Å². The Labute approximate surface area is 143 Å². The van der Waals surface area contributed by atoms with Crippen molar-refractivity contribution in [2.75, 3.05) is 16.8 Å². The fourth-order valence-corrected chi connectivity index (χ4v) is 2.20. The van der Waals surface area contributed by atoms with Gasteiger partial charge in [-0.1, -0.05) is 0 Å². The van der Waals surface area contributed by atoms with E-state index in [9.17, 15) is 18.4 Å². The van der Waals surface area contributed by atoms with E-state index < -0.39 is 17.5 Å². The highest BCUT2D eigenvalue weighted by Gasteiger charge is 2.14. The van der Waals surface area contributed by atoms with E-state index in [2.05, 4.69) is 5.32 Å². The standard InChI is InChI=1S/C18H15F2N3O2/c1-12(24)23(15-5-2-13(11-21)3-6-15)9-8-18(25)22-17-7-4-14(19)10-16(17)20/h2-7,10H,8-9H2,1H3,(H,22,25). The first-order chi connectivity index (χ1) is 11.9. The number of nitrogens with zero attached hydrogens (tertiary/aromatic N) is 2. The summed E-state index contributed by atoms with van der Waals surface area (Å²) in [6.45, 7) is 1.44. The second kappa shape index (κ2) is 8.02. The third-order valence-corrected chi connectivity index (χ3v) is 3.46. The second-order valence-corrected chi connectivity index (χ2v) is 5.25. The SMILES string of the molecule is CC(=O)N(CCC(=O)Nc1ccc(F)cc1F)c1ccc(C#N)cc1. The number of hydrogen-bond acceptors (Lipinski definition) is 3. The molecule has 0 aliphatic heterocycles. The van der Waals surface area contributed by atoms with Crippen molar-refractivity contribution in [1.82, 2.24) is 0 Å². The first-order valence-corrected chi connectivity index (χ1v) is 7.44. The number of carbonyl (C=O) groups is 2. The van der Waals surface area contributed by atoms with E-state index in [1.807, 2.05) is 6.07 Å². The molecule has 5 nitrogen and oxygen atoms in total. The summed E-state index contributed by atoms with van der Waals surface area (Å²) in [6, 6.07) is 11.2. The maximum atomic E-state index is 13.5. The molecule has 2 rings (SSSR count). The number of amides is 2. The number of hydrogen-bond donors (Lipinski definition) is 1. The van der Waals surface area contributed by atoms with Gasteiger partial charge in [-0.25, -0.2) is 8.78 Å². The number of halogens is 2. The summed E-state index contributed by atoms with van der Waals surface area (Å²) < 4.78 is 26.4. The Morgan fingerprint density at radius 2 is 1.84 bits per heavy atom. The first kappa shape index (κ1) is 18.1. The van der Waals surface area contributed by atoms with E-state index in [-0.39, 0.29) is 24.6 Å². The zero-order chi connectivity index (χ0) is 18.4. The molecule has 0 atom stereocenters. The summed E-state index contributed by atoms with van der Waals surface area (Å²) in [4.78, 5) is 25.1. The minimum atomic E-state index is -0.871. The van der Waals surface area contributed by atoms with E-state index >= 15 is 0 Å². The van der Waals surface area contributed by atoms with E-state index in [0.29, 0.717) is 17.3 Å². The molecule has 2 aromatic rings. The van der Waals surface area contributed by atoms with E-state index in [1.165, 1.54) is 11.8 Å². The summed E-state index contributed by atoms with van der Waals surface area (Å²) in [5.74, 6) is -2.39. The van der Waals surface area contributed by atoms with Crippen LogP contribution in [0.3, 0.4) is 0 Å². The van der Waals surface area contributed by atoms with Gasteiger partial charge in [-0.2, -0.15) is 5.26 Å². The van der Waals surface area contributed by atoms with Crippen LogP contribution in [0.15, 0.2) is 42.5 Å². The summed E-state index contributed by atoms with van der Waals surface area (Å²) in [5, 5.41) is 11.1. The van der Waals surface area contributed by atoms with Crippen molar-refractivity contribution in [3.63, 3.8) is 0 Å². The van der Waals surface area contributed by atoms with Crippen molar-refractivity contribution in [3.8, 4) is 6.07 Å². The Hall–Kier alpha value is -3.27. The van der Waals surface area contributed by atoms with Crippen LogP contribution in [0.25, 0.3) is 0 Å². The lowest BCUT2D eigenvalue weighted by molar-refractivity contribution is -0.117. The molecule has 1 N–H and O–H groups in total. The van der Waals surface area contributed by atoms with Crippen molar-refractivity contribution >= 4 is 23.2 Å². The topological polar surface area (TPSA) is 73.2 Å². The number of nitriles is 1. The molecular weight excluding hydrogens is 328 g/mol. The van der Waals surface area contributed by atoms with Gasteiger partial charge in [-0.15, -0.1) is 0 Å². The molecule has 0 aliphatic carbocycles. The van der Waals surface area contributed by atoms with Crippen molar-refractivity contribution in [3.05, 3.63) is 59.7 Å². The van der Waals surface area contributed by atoms with Gasteiger partial charge in [0.1, 0.15) is 11.6 Å². The smallest absolute Gasteiger partial charge is 0.226 e. The second-order valence-electron chi connectivity index (χ2n) is 5.25. The van der Waals surface area contributed by atoms with Gasteiger partial charge in [0.15, 0.2) is 0 Å². The highest BCUT2D eigenvalue weighted by Crippen LogP contribution is 2.17. The number of benzene rings is 2. The maximum Gasteiger partial charge on any atom is 0.226 e. The van der Waals surface area contributed by atoms with Gasteiger partial charge >= 0.3 is 0 Å². The molecule has 0 heterocycles. The summed E-state index contributed by atoms with van der Waals surface area (Å²) >= 11 is 0. The molecule has 7 heteroatoms. The van der Waals surface area contributed by atoms with Gasteiger partial charge in [0.05, 0.1) is 17.3 Å². The normalized spacial score (nSPS) is 10.0. The quantitative estimate of drug-likeness (QED) is 0.906. The van der Waals surface area contributed by atoms with Crippen LogP contribution in [0, 0.1) is 23.0 Å². The Kier molecular flexibility index (Phi) is 5.79. The van der Waals surface area contributed by atoms with Crippen LogP contribution in [0.5, 0.6) is 0 Å². The number of rotatable bonds is 5. The predicted molar refractivity (Wildman–Crippen MR) is 88.8 cm³/mol. The minimum Gasteiger partial charge on any atom is -0.324 e. The van der Waals surface area contributed by atoms with Crippen molar-refractivity contribution in [2.45, 2.75) is 13.3 Å². The fraction of sp³-hybridized carbons (Fsp3) is 0.167. The molecule has 0 radical (unpaired) electrons. The molecule has 0 bridgehead atoms. The lowest BCUT2D eigenvalue weighted by atomic mass is 10.2. The van der Waals surface area contributed by atoms with Crippen LogP contribution in [0.1, 0.15) is 18.9 Å². The average molecular weight is 343 g/mol. The average Bonchev–Trinajstić information content (AvgIpc) is 2.58. The third-order valence-electron chi connectivity index (χ3n) is 3.46. The third kappa shape index (κ3) is 4.85. The van der Waals surface area contributed by atoms with E-state index in [4.69, 9.17) is 5.26 Å². The Bertz CT molecular complexity index is 829. The number of nitrogens with one attached hydrogen (secondary N) is 1. The van der Waals surface area contributed by atoms with Gasteiger partial charge < -0.3 is 10.2 Å². The highest BCUT2D eigenvalue weighted by atomic mass is 19.1. The molecular formula is C18H15F2N3O2. The molecule has 0 aliphatic rings. The molecule has 128 valence electrons. The van der Waals surface area contributed by atoms with Gasteiger partial charge in [0.2, 0.25) is 11.8 Å². The molecule has 0 spiro atoms. The van der Waals surface area contributed by atoms with Gasteiger partial charge in [0.25, 0.3) is 0 Å². The monoisotopic (exact) mass is 343 g/mol. The Balaban J connectivity index is 2.01. The zero-order valence-corrected chi connectivity index (χ0v) is 13.4. The number of carbonyl (C=O) groups excluding carboxylic acids is 2. The highest BCUT2D eigenvalue weighted by molar-refractivity contribution is 5.94. The fourth-order valence-electron chi connectivity index (χ4n) is 2.20. The Morgan fingerprint density at radius 1 is 1.16 bits per heavy atom. The van der Waals surface area contributed by atoms with Gasteiger partial charge in [0, 0.05) is 31.6 Å². The van der Waals surface area contributed by atoms with E-state index in [1.54, 1.807) is 24.3 Å². The van der Waals surface area contributed by atoms with Crippen LogP contribution >= 0.6 is 0 Å². The maximum absolute atomic E-state index is 13.5. The lowest BCUT2D eigenvalue weighted by Crippen LogP contribution is -2.32.